The molecule has 6 nitrogen and oxygen atoms in total. The quantitative estimate of drug-likeness (QED) is 0.427. The summed E-state index contributed by atoms with van der Waals surface area (Å²) in [5.41, 5.74) is 3.81. The number of halogens is 1. The maximum atomic E-state index is 13.0. The van der Waals surface area contributed by atoms with E-state index in [0.717, 1.165) is 28.6 Å². The SMILES string of the molecule is O=C(Nc1ccc2nc(NC(=O)C3(c4cccc(Cl)c4)CC3)sc2c1)c1cscn1. The molecule has 0 saturated heterocycles. The predicted octanol–water partition coefficient (Wildman–Crippen LogP) is 5.33. The van der Waals surface area contributed by atoms with Gasteiger partial charge in [0.15, 0.2) is 5.13 Å². The Morgan fingerprint density at radius 1 is 1.10 bits per heavy atom. The zero-order valence-electron chi connectivity index (χ0n) is 15.5. The van der Waals surface area contributed by atoms with Gasteiger partial charge in [0.2, 0.25) is 5.91 Å². The molecule has 0 bridgehead atoms. The van der Waals surface area contributed by atoms with Gasteiger partial charge in [0.1, 0.15) is 5.69 Å². The van der Waals surface area contributed by atoms with Gasteiger partial charge >= 0.3 is 0 Å². The van der Waals surface area contributed by atoms with Crippen molar-refractivity contribution in [3.05, 3.63) is 69.6 Å². The molecular weight excluding hydrogens is 440 g/mol. The van der Waals surface area contributed by atoms with Gasteiger partial charge in [0.25, 0.3) is 5.91 Å². The van der Waals surface area contributed by atoms with E-state index < -0.39 is 5.41 Å². The molecule has 1 aliphatic rings. The van der Waals surface area contributed by atoms with Gasteiger partial charge in [0.05, 0.1) is 21.1 Å². The van der Waals surface area contributed by atoms with E-state index in [1.54, 1.807) is 23.0 Å². The number of anilines is 2. The molecule has 2 aromatic carbocycles. The zero-order valence-corrected chi connectivity index (χ0v) is 17.9. The van der Waals surface area contributed by atoms with Crippen molar-refractivity contribution >= 4 is 67.1 Å². The second-order valence-corrected chi connectivity index (χ2v) is 9.26. The van der Waals surface area contributed by atoms with Crippen molar-refractivity contribution in [2.45, 2.75) is 18.3 Å². The molecule has 1 saturated carbocycles. The Kier molecular flexibility index (Phi) is 4.77. The number of carbonyl (C=O) groups is 2. The van der Waals surface area contributed by atoms with Crippen molar-refractivity contribution in [2.75, 3.05) is 10.6 Å². The average molecular weight is 455 g/mol. The number of rotatable bonds is 5. The largest absolute Gasteiger partial charge is 0.321 e. The van der Waals surface area contributed by atoms with Crippen LogP contribution in [-0.2, 0) is 10.2 Å². The molecule has 2 aromatic heterocycles. The Labute approximate surface area is 184 Å². The topological polar surface area (TPSA) is 84.0 Å². The number of nitrogens with one attached hydrogen (secondary N) is 2. The van der Waals surface area contributed by atoms with E-state index in [1.165, 1.54) is 22.7 Å². The number of hydrogen-bond donors (Lipinski definition) is 2. The zero-order chi connectivity index (χ0) is 20.7. The van der Waals surface area contributed by atoms with E-state index in [-0.39, 0.29) is 11.8 Å². The van der Waals surface area contributed by atoms with Gasteiger partial charge in [-0.05, 0) is 48.7 Å². The molecule has 1 fully saturated rings. The first-order valence-electron chi connectivity index (χ1n) is 9.21. The number of carbonyl (C=O) groups excluding carboxylic acids is 2. The third kappa shape index (κ3) is 3.58. The van der Waals surface area contributed by atoms with E-state index in [0.29, 0.717) is 21.5 Å². The highest BCUT2D eigenvalue weighted by atomic mass is 35.5. The molecule has 0 aliphatic heterocycles. The third-order valence-electron chi connectivity index (χ3n) is 5.09. The third-order valence-corrected chi connectivity index (χ3v) is 6.85. The Morgan fingerprint density at radius 3 is 2.70 bits per heavy atom. The fraction of sp³-hybridized carbons (Fsp3) is 0.143. The van der Waals surface area contributed by atoms with Crippen molar-refractivity contribution in [3.63, 3.8) is 0 Å². The molecule has 1 aliphatic carbocycles. The van der Waals surface area contributed by atoms with Crippen LogP contribution < -0.4 is 10.6 Å². The molecule has 2 heterocycles. The van der Waals surface area contributed by atoms with Gasteiger partial charge in [-0.3, -0.25) is 9.59 Å². The summed E-state index contributed by atoms with van der Waals surface area (Å²) in [6.45, 7) is 0. The highest BCUT2D eigenvalue weighted by molar-refractivity contribution is 7.22. The molecule has 4 aromatic rings. The van der Waals surface area contributed by atoms with E-state index in [2.05, 4.69) is 20.6 Å². The summed E-state index contributed by atoms with van der Waals surface area (Å²) in [4.78, 5) is 33.7. The van der Waals surface area contributed by atoms with Gasteiger partial charge in [-0.2, -0.15) is 0 Å². The molecule has 30 heavy (non-hydrogen) atoms. The number of thiazole rings is 2. The van der Waals surface area contributed by atoms with Crippen LogP contribution >= 0.6 is 34.3 Å². The van der Waals surface area contributed by atoms with Crippen LogP contribution in [0, 0.1) is 0 Å². The lowest BCUT2D eigenvalue weighted by Gasteiger charge is -2.14. The van der Waals surface area contributed by atoms with Crippen LogP contribution in [0.25, 0.3) is 10.2 Å². The fourth-order valence-corrected chi connectivity index (χ4v) is 4.97. The van der Waals surface area contributed by atoms with Crippen LogP contribution in [0.5, 0.6) is 0 Å². The normalized spacial score (nSPS) is 14.4. The number of benzene rings is 2. The van der Waals surface area contributed by atoms with Gasteiger partial charge in [-0.15, -0.1) is 11.3 Å². The molecule has 5 rings (SSSR count). The number of amides is 2. The summed E-state index contributed by atoms with van der Waals surface area (Å²) >= 11 is 8.85. The highest BCUT2D eigenvalue weighted by Crippen LogP contribution is 2.49. The Bertz CT molecular complexity index is 1270. The van der Waals surface area contributed by atoms with Crippen molar-refractivity contribution < 1.29 is 9.59 Å². The maximum absolute atomic E-state index is 13.0. The van der Waals surface area contributed by atoms with E-state index >= 15 is 0 Å². The van der Waals surface area contributed by atoms with Gasteiger partial charge < -0.3 is 10.6 Å². The Hall–Kier alpha value is -2.81. The van der Waals surface area contributed by atoms with Crippen LogP contribution in [0.4, 0.5) is 10.8 Å². The summed E-state index contributed by atoms with van der Waals surface area (Å²) in [6, 6.07) is 12.9. The number of fused-ring (bicyclic) bond motifs is 1. The number of hydrogen-bond acceptors (Lipinski definition) is 6. The molecule has 9 heteroatoms. The molecule has 2 N–H and O–H groups in total. The van der Waals surface area contributed by atoms with Crippen LogP contribution in [0.15, 0.2) is 53.4 Å². The standard InChI is InChI=1S/C21H15ClN4O2S2/c22-13-3-1-2-12(8-13)21(6-7-21)19(28)26-20-25-15-5-4-14(9-17(15)30-20)24-18(27)16-10-29-11-23-16/h1-5,8-11H,6-7H2,(H,24,27)(H,25,26,28). The van der Waals surface area contributed by atoms with Crippen molar-refractivity contribution in [3.8, 4) is 0 Å². The second kappa shape index (κ2) is 7.46. The van der Waals surface area contributed by atoms with Crippen molar-refractivity contribution in [2.24, 2.45) is 0 Å². The molecular formula is C21H15ClN4O2S2. The number of nitrogens with zero attached hydrogens (tertiary/aromatic N) is 2. The van der Waals surface area contributed by atoms with Gasteiger partial charge in [-0.1, -0.05) is 35.1 Å². The molecule has 0 radical (unpaired) electrons. The van der Waals surface area contributed by atoms with Crippen molar-refractivity contribution in [1.29, 1.82) is 0 Å². The van der Waals surface area contributed by atoms with E-state index in [9.17, 15) is 9.59 Å². The lowest BCUT2D eigenvalue weighted by atomic mass is 9.95. The first kappa shape index (κ1) is 19.2. The smallest absolute Gasteiger partial charge is 0.275 e. The Balaban J connectivity index is 1.34. The van der Waals surface area contributed by atoms with Gasteiger partial charge in [-0.25, -0.2) is 9.97 Å². The minimum Gasteiger partial charge on any atom is -0.321 e. The second-order valence-electron chi connectivity index (χ2n) is 7.08. The van der Waals surface area contributed by atoms with Gasteiger partial charge in [0, 0.05) is 16.1 Å². The summed E-state index contributed by atoms with van der Waals surface area (Å²) < 4.78 is 0.869. The molecule has 0 atom stereocenters. The van der Waals surface area contributed by atoms with E-state index in [4.69, 9.17) is 11.6 Å². The minimum absolute atomic E-state index is 0.0686. The summed E-state index contributed by atoms with van der Waals surface area (Å²) in [5.74, 6) is -0.327. The summed E-state index contributed by atoms with van der Waals surface area (Å²) in [7, 11) is 0. The minimum atomic E-state index is -0.532. The van der Waals surface area contributed by atoms with Crippen LogP contribution in [0.1, 0.15) is 28.9 Å². The average Bonchev–Trinajstić information content (AvgIpc) is 3.17. The molecule has 0 spiro atoms. The first-order valence-corrected chi connectivity index (χ1v) is 11.3. The summed E-state index contributed by atoms with van der Waals surface area (Å²) in [6.07, 6.45) is 1.58. The molecule has 2 amide bonds. The highest BCUT2D eigenvalue weighted by Gasteiger charge is 2.51. The maximum Gasteiger partial charge on any atom is 0.275 e. The predicted molar refractivity (Wildman–Crippen MR) is 121 cm³/mol. The first-order chi connectivity index (χ1) is 14.5. The van der Waals surface area contributed by atoms with Crippen molar-refractivity contribution in [1.82, 2.24) is 9.97 Å². The number of aromatic nitrogens is 2. The summed E-state index contributed by atoms with van der Waals surface area (Å²) in [5, 5.41) is 8.65. The molecule has 150 valence electrons. The van der Waals surface area contributed by atoms with E-state index in [1.807, 2.05) is 30.3 Å². The lowest BCUT2D eigenvalue weighted by molar-refractivity contribution is -0.118. The monoisotopic (exact) mass is 454 g/mol. The van der Waals surface area contributed by atoms with Crippen LogP contribution in [0.2, 0.25) is 5.02 Å². The Morgan fingerprint density at radius 2 is 1.97 bits per heavy atom. The fourth-order valence-electron chi connectivity index (χ4n) is 3.35. The molecule has 0 unspecified atom stereocenters. The van der Waals surface area contributed by atoms with Crippen LogP contribution in [0.3, 0.4) is 0 Å². The lowest BCUT2D eigenvalue weighted by Crippen LogP contribution is -2.27. The van der Waals surface area contributed by atoms with Crippen LogP contribution in [-0.4, -0.2) is 21.8 Å².